The van der Waals surface area contributed by atoms with Gasteiger partial charge in [-0.05, 0) is 31.0 Å². The summed E-state index contributed by atoms with van der Waals surface area (Å²) in [4.78, 5) is 14.9. The number of ether oxygens (including phenoxy) is 5. The van der Waals surface area contributed by atoms with Crippen molar-refractivity contribution in [3.05, 3.63) is 17.7 Å². The molecule has 0 heterocycles. The molecule has 0 aliphatic rings. The molecule has 1 aromatic carbocycles. The molecule has 0 amide bonds. The molecule has 7 heteroatoms. The fourth-order valence-corrected chi connectivity index (χ4v) is 2.69. The molecule has 7 nitrogen and oxygen atoms in total. The van der Waals surface area contributed by atoms with Gasteiger partial charge in [-0.15, -0.1) is 0 Å². The van der Waals surface area contributed by atoms with E-state index in [4.69, 9.17) is 23.7 Å². The van der Waals surface area contributed by atoms with Gasteiger partial charge in [-0.3, -0.25) is 4.90 Å². The summed E-state index contributed by atoms with van der Waals surface area (Å²) >= 11 is 0. The quantitative estimate of drug-likeness (QED) is 0.414. The third kappa shape index (κ3) is 6.16. The molecule has 0 N–H and O–H groups in total. The summed E-state index contributed by atoms with van der Waals surface area (Å²) in [5.74, 6) is 0.860. The van der Waals surface area contributed by atoms with Gasteiger partial charge < -0.3 is 23.7 Å². The van der Waals surface area contributed by atoms with Gasteiger partial charge in [0.15, 0.2) is 11.5 Å². The SMILES string of the molecule is CC[C@@H](C(=O)Oc1c(OC)cc(C)cc1OC)N(CCOC)CCOC. The Hall–Kier alpha value is -1.83. The third-order valence-electron chi connectivity index (χ3n) is 4.07. The van der Waals surface area contributed by atoms with Crippen molar-refractivity contribution >= 4 is 5.97 Å². The maximum absolute atomic E-state index is 12.9. The maximum Gasteiger partial charge on any atom is 0.329 e. The van der Waals surface area contributed by atoms with Crippen LogP contribution in [0.5, 0.6) is 17.2 Å². The van der Waals surface area contributed by atoms with E-state index in [0.29, 0.717) is 50.0 Å². The zero-order valence-electron chi connectivity index (χ0n) is 16.7. The lowest BCUT2D eigenvalue weighted by atomic mass is 10.1. The first-order valence-electron chi connectivity index (χ1n) is 8.68. The minimum atomic E-state index is -0.420. The lowest BCUT2D eigenvalue weighted by Gasteiger charge is -2.29. The Bertz CT molecular complexity index is 530. The van der Waals surface area contributed by atoms with E-state index in [1.807, 2.05) is 18.7 Å². The average Bonchev–Trinajstić information content (AvgIpc) is 2.64. The zero-order valence-corrected chi connectivity index (χ0v) is 16.7. The number of carbonyl (C=O) groups is 1. The van der Waals surface area contributed by atoms with E-state index in [9.17, 15) is 4.79 Å². The van der Waals surface area contributed by atoms with Crippen LogP contribution in [0.2, 0.25) is 0 Å². The van der Waals surface area contributed by atoms with Crippen molar-refractivity contribution in [2.45, 2.75) is 26.3 Å². The second-order valence-corrected chi connectivity index (χ2v) is 5.87. The lowest BCUT2D eigenvalue weighted by molar-refractivity contribution is -0.141. The van der Waals surface area contributed by atoms with Crippen LogP contribution in [0.15, 0.2) is 12.1 Å². The summed E-state index contributed by atoms with van der Waals surface area (Å²) in [6.07, 6.45) is 0.600. The minimum Gasteiger partial charge on any atom is -0.493 e. The first-order chi connectivity index (χ1) is 12.5. The van der Waals surface area contributed by atoms with Crippen molar-refractivity contribution < 1.29 is 28.5 Å². The predicted molar refractivity (Wildman–Crippen MR) is 99.3 cm³/mol. The smallest absolute Gasteiger partial charge is 0.329 e. The monoisotopic (exact) mass is 369 g/mol. The number of aryl methyl sites for hydroxylation is 1. The highest BCUT2D eigenvalue weighted by Crippen LogP contribution is 2.38. The minimum absolute atomic E-state index is 0.294. The Kier molecular flexibility index (Phi) is 10.0. The number of hydrogen-bond donors (Lipinski definition) is 0. The molecular formula is C19H31NO6. The van der Waals surface area contributed by atoms with E-state index < -0.39 is 6.04 Å². The molecule has 0 aliphatic carbocycles. The first kappa shape index (κ1) is 22.2. The first-order valence-corrected chi connectivity index (χ1v) is 8.68. The highest BCUT2D eigenvalue weighted by atomic mass is 16.6. The molecule has 0 spiro atoms. The Morgan fingerprint density at radius 2 is 1.50 bits per heavy atom. The van der Waals surface area contributed by atoms with E-state index in [0.717, 1.165) is 5.56 Å². The molecule has 1 rings (SSSR count). The third-order valence-corrected chi connectivity index (χ3v) is 4.07. The number of rotatable bonds is 12. The van der Waals surface area contributed by atoms with Gasteiger partial charge in [-0.1, -0.05) is 6.92 Å². The topological polar surface area (TPSA) is 66.5 Å². The van der Waals surface area contributed by atoms with E-state index in [1.165, 1.54) is 14.2 Å². The van der Waals surface area contributed by atoms with Crippen LogP contribution in [0, 0.1) is 6.92 Å². The van der Waals surface area contributed by atoms with Crippen molar-refractivity contribution in [3.8, 4) is 17.2 Å². The van der Waals surface area contributed by atoms with Gasteiger partial charge in [0, 0.05) is 27.3 Å². The molecule has 0 bridgehead atoms. The van der Waals surface area contributed by atoms with Crippen LogP contribution < -0.4 is 14.2 Å². The molecule has 0 aliphatic heterocycles. The van der Waals surface area contributed by atoms with Gasteiger partial charge in [-0.25, -0.2) is 4.79 Å². The van der Waals surface area contributed by atoms with Gasteiger partial charge in [0.05, 0.1) is 27.4 Å². The summed E-state index contributed by atoms with van der Waals surface area (Å²) in [6, 6.07) is 3.19. The molecule has 0 aromatic heterocycles. The second-order valence-electron chi connectivity index (χ2n) is 5.87. The summed E-state index contributed by atoms with van der Waals surface area (Å²) in [6.45, 7) is 6.12. The zero-order chi connectivity index (χ0) is 19.5. The molecule has 0 radical (unpaired) electrons. The molecule has 0 fully saturated rings. The Morgan fingerprint density at radius 1 is 1.00 bits per heavy atom. The number of carbonyl (C=O) groups excluding carboxylic acids is 1. The number of esters is 1. The van der Waals surface area contributed by atoms with Crippen molar-refractivity contribution in [1.29, 1.82) is 0 Å². The second kappa shape index (κ2) is 11.7. The van der Waals surface area contributed by atoms with Crippen LogP contribution in [0.4, 0.5) is 0 Å². The summed E-state index contributed by atoms with van der Waals surface area (Å²) in [5.41, 5.74) is 0.951. The van der Waals surface area contributed by atoms with Crippen LogP contribution in [0.3, 0.4) is 0 Å². The molecule has 1 atom stereocenters. The van der Waals surface area contributed by atoms with E-state index >= 15 is 0 Å². The summed E-state index contributed by atoms with van der Waals surface area (Å²) < 4.78 is 26.7. The number of methoxy groups -OCH3 is 4. The van der Waals surface area contributed by atoms with Crippen molar-refractivity contribution in [3.63, 3.8) is 0 Å². The van der Waals surface area contributed by atoms with Gasteiger partial charge in [0.25, 0.3) is 0 Å². The molecule has 148 valence electrons. The fraction of sp³-hybridized carbons (Fsp3) is 0.632. The van der Waals surface area contributed by atoms with Crippen molar-refractivity contribution in [2.24, 2.45) is 0 Å². The van der Waals surface area contributed by atoms with E-state index in [2.05, 4.69) is 0 Å². The van der Waals surface area contributed by atoms with E-state index in [1.54, 1.807) is 26.4 Å². The predicted octanol–water partition coefficient (Wildman–Crippen LogP) is 2.29. The maximum atomic E-state index is 12.9. The van der Waals surface area contributed by atoms with Gasteiger partial charge in [-0.2, -0.15) is 0 Å². The van der Waals surface area contributed by atoms with Crippen LogP contribution in [-0.2, 0) is 14.3 Å². The van der Waals surface area contributed by atoms with Gasteiger partial charge in [0.1, 0.15) is 6.04 Å². The number of hydrogen-bond acceptors (Lipinski definition) is 7. The molecule has 0 unspecified atom stereocenters. The van der Waals surface area contributed by atoms with E-state index in [-0.39, 0.29) is 5.97 Å². The van der Waals surface area contributed by atoms with Crippen LogP contribution >= 0.6 is 0 Å². The van der Waals surface area contributed by atoms with Crippen molar-refractivity contribution in [1.82, 2.24) is 4.90 Å². The molecule has 1 aromatic rings. The molecule has 26 heavy (non-hydrogen) atoms. The van der Waals surface area contributed by atoms with Gasteiger partial charge in [0.2, 0.25) is 5.75 Å². The average molecular weight is 369 g/mol. The fourth-order valence-electron chi connectivity index (χ4n) is 2.69. The van der Waals surface area contributed by atoms with Crippen molar-refractivity contribution in [2.75, 3.05) is 54.7 Å². The van der Waals surface area contributed by atoms with Crippen LogP contribution in [0.1, 0.15) is 18.9 Å². The highest BCUT2D eigenvalue weighted by molar-refractivity contribution is 5.80. The number of benzene rings is 1. The van der Waals surface area contributed by atoms with Crippen LogP contribution in [-0.4, -0.2) is 71.7 Å². The summed E-state index contributed by atoms with van der Waals surface area (Å²) in [5, 5.41) is 0. The standard InChI is InChI=1S/C19H31NO6/c1-7-15(20(8-10-22-3)9-11-23-4)19(21)26-18-16(24-5)12-14(2)13-17(18)25-6/h12-13,15H,7-11H2,1-6H3/t15-/m0/s1. The molecule has 0 saturated heterocycles. The highest BCUT2D eigenvalue weighted by Gasteiger charge is 2.28. The number of nitrogens with zero attached hydrogens (tertiary/aromatic N) is 1. The lowest BCUT2D eigenvalue weighted by Crippen LogP contribution is -2.46. The Morgan fingerprint density at radius 3 is 1.88 bits per heavy atom. The Labute approximate surface area is 156 Å². The summed E-state index contributed by atoms with van der Waals surface area (Å²) in [7, 11) is 6.34. The Balaban J connectivity index is 3.04. The van der Waals surface area contributed by atoms with Crippen LogP contribution in [0.25, 0.3) is 0 Å². The molecular weight excluding hydrogens is 338 g/mol. The molecule has 0 saturated carbocycles. The van der Waals surface area contributed by atoms with Gasteiger partial charge >= 0.3 is 5.97 Å². The normalized spacial score (nSPS) is 12.1. The largest absolute Gasteiger partial charge is 0.493 e.